The summed E-state index contributed by atoms with van der Waals surface area (Å²) in [6, 6.07) is 0. The van der Waals surface area contributed by atoms with Crippen LogP contribution in [0.5, 0.6) is 0 Å². The molecule has 6 aliphatic carbocycles. The van der Waals surface area contributed by atoms with Crippen molar-refractivity contribution in [2.75, 3.05) is 0 Å². The lowest BCUT2D eigenvalue weighted by Crippen LogP contribution is -2.44. The van der Waals surface area contributed by atoms with Crippen LogP contribution in [0.2, 0.25) is 0 Å². The molecule has 3 heteroatoms. The first-order chi connectivity index (χ1) is 12.2. The molecule has 3 nitrogen and oxygen atoms in total. The average molecular weight is 342 g/mol. The van der Waals surface area contributed by atoms with Crippen LogP contribution in [-0.4, -0.2) is 23.8 Å². The summed E-state index contributed by atoms with van der Waals surface area (Å²) in [6.45, 7) is 2.24. The summed E-state index contributed by atoms with van der Waals surface area (Å²) in [5.74, 6) is 6.63. The Bertz CT molecular complexity index is 645. The van der Waals surface area contributed by atoms with Crippen molar-refractivity contribution in [2.45, 2.75) is 76.1 Å². The molecule has 0 spiro atoms. The Morgan fingerprint density at radius 2 is 1.88 bits per heavy atom. The number of fused-ring (bicyclic) bond motifs is 14. The minimum atomic E-state index is -0.0966. The number of rotatable bonds is 3. The van der Waals surface area contributed by atoms with E-state index in [1.54, 1.807) is 0 Å². The molecule has 6 bridgehead atoms. The van der Waals surface area contributed by atoms with Crippen LogP contribution < -0.4 is 0 Å². The van der Waals surface area contributed by atoms with Crippen LogP contribution in [0.4, 0.5) is 0 Å². The highest BCUT2D eigenvalue weighted by atomic mass is 16.6. The summed E-state index contributed by atoms with van der Waals surface area (Å²) in [4.78, 5) is 13.3. The average Bonchev–Trinajstić information content (AvgIpc) is 3.20. The second-order valence-electron chi connectivity index (χ2n) is 10.7. The normalized spacial score (nSPS) is 64.6. The van der Waals surface area contributed by atoms with E-state index in [9.17, 15) is 4.79 Å². The van der Waals surface area contributed by atoms with E-state index >= 15 is 0 Å². The Hall–Kier alpha value is -0.570. The van der Waals surface area contributed by atoms with Gasteiger partial charge in [0.1, 0.15) is 5.60 Å². The predicted octanol–water partition coefficient (Wildman–Crippen LogP) is 3.80. The number of esters is 1. The highest BCUT2D eigenvalue weighted by molar-refractivity contribution is 5.74. The van der Waals surface area contributed by atoms with Gasteiger partial charge in [0.2, 0.25) is 0 Å². The Balaban J connectivity index is 1.13. The Kier molecular flexibility index (Phi) is 2.58. The number of hydrogen-bond acceptors (Lipinski definition) is 3. The lowest BCUT2D eigenvalue weighted by atomic mass is 9.67. The van der Waals surface area contributed by atoms with Crippen LogP contribution in [-0.2, 0) is 14.3 Å². The van der Waals surface area contributed by atoms with Gasteiger partial charge in [0.05, 0.1) is 18.1 Å². The van der Waals surface area contributed by atoms with Gasteiger partial charge in [-0.05, 0) is 98.7 Å². The molecule has 136 valence electrons. The second kappa shape index (κ2) is 4.46. The van der Waals surface area contributed by atoms with Gasteiger partial charge in [-0.15, -0.1) is 0 Å². The van der Waals surface area contributed by atoms with Crippen LogP contribution in [0.1, 0.15) is 58.3 Å². The number of hydrogen-bond donors (Lipinski definition) is 0. The van der Waals surface area contributed by atoms with E-state index in [1.807, 2.05) is 0 Å². The molecule has 0 N–H and O–H groups in total. The molecule has 7 aliphatic rings. The van der Waals surface area contributed by atoms with Crippen molar-refractivity contribution < 1.29 is 14.3 Å². The first kappa shape index (κ1) is 14.5. The van der Waals surface area contributed by atoms with Crippen molar-refractivity contribution in [2.24, 2.45) is 53.3 Å². The zero-order valence-corrected chi connectivity index (χ0v) is 15.2. The maximum Gasteiger partial charge on any atom is 0.309 e. The van der Waals surface area contributed by atoms with Crippen molar-refractivity contribution in [1.29, 1.82) is 0 Å². The molecule has 1 aliphatic heterocycles. The minimum absolute atomic E-state index is 0.0966. The van der Waals surface area contributed by atoms with Gasteiger partial charge in [-0.3, -0.25) is 4.79 Å². The van der Waals surface area contributed by atoms with Gasteiger partial charge in [0.25, 0.3) is 0 Å². The van der Waals surface area contributed by atoms with E-state index < -0.39 is 0 Å². The van der Waals surface area contributed by atoms with Gasteiger partial charge in [0, 0.05) is 0 Å². The molecule has 0 aromatic carbocycles. The van der Waals surface area contributed by atoms with E-state index in [-0.39, 0.29) is 17.5 Å². The van der Waals surface area contributed by atoms with Crippen LogP contribution in [0.3, 0.4) is 0 Å². The predicted molar refractivity (Wildman–Crippen MR) is 91.5 cm³/mol. The van der Waals surface area contributed by atoms with E-state index in [0.29, 0.717) is 24.0 Å². The largest absolute Gasteiger partial charge is 0.459 e. The standard InChI is InChI=1S/C22H30O3/c1-2-22(9-10-3-4-12(22)5-10)25-21(23)14-7-11-6-13(14)18-16-8-15(17(11)18)19-20(16)24-19/h10-20H,2-9H2,1H3. The molecule has 0 aromatic rings. The number of carbonyl (C=O) groups is 1. The third kappa shape index (κ3) is 1.62. The van der Waals surface area contributed by atoms with E-state index in [4.69, 9.17) is 9.47 Å². The fourth-order valence-electron chi connectivity index (χ4n) is 9.42. The van der Waals surface area contributed by atoms with Gasteiger partial charge >= 0.3 is 5.97 Å². The number of carbonyl (C=O) groups excluding carboxylic acids is 1. The van der Waals surface area contributed by atoms with E-state index in [1.165, 1.54) is 32.1 Å². The molecule has 1 saturated heterocycles. The zero-order chi connectivity index (χ0) is 16.5. The lowest BCUT2D eigenvalue weighted by Gasteiger charge is -2.40. The van der Waals surface area contributed by atoms with Crippen molar-refractivity contribution in [3.8, 4) is 0 Å². The SMILES string of the molecule is CCC1(OC(=O)C2CC3CC2C2C4CC(C5OC45)C32)CC2CCC1C2. The number of ether oxygens (including phenoxy) is 2. The molecule has 0 radical (unpaired) electrons. The third-order valence-corrected chi connectivity index (χ3v) is 10.2. The monoisotopic (exact) mass is 342 g/mol. The highest BCUT2D eigenvalue weighted by Gasteiger charge is 2.74. The van der Waals surface area contributed by atoms with E-state index in [2.05, 4.69) is 6.92 Å². The summed E-state index contributed by atoms with van der Waals surface area (Å²) in [5, 5.41) is 0. The molecular formula is C22H30O3. The molecule has 6 saturated carbocycles. The molecule has 0 amide bonds. The van der Waals surface area contributed by atoms with Crippen molar-refractivity contribution in [3.05, 3.63) is 0 Å². The highest BCUT2D eigenvalue weighted by Crippen LogP contribution is 2.73. The third-order valence-electron chi connectivity index (χ3n) is 10.2. The Morgan fingerprint density at radius 1 is 1.04 bits per heavy atom. The summed E-state index contributed by atoms with van der Waals surface area (Å²) in [7, 11) is 0. The molecule has 25 heavy (non-hydrogen) atoms. The lowest BCUT2D eigenvalue weighted by molar-refractivity contribution is -0.175. The van der Waals surface area contributed by atoms with Gasteiger partial charge in [-0.1, -0.05) is 6.92 Å². The molecule has 0 aromatic heterocycles. The summed E-state index contributed by atoms with van der Waals surface area (Å²) in [6.07, 6.45) is 11.2. The Morgan fingerprint density at radius 3 is 2.60 bits per heavy atom. The number of epoxide rings is 1. The van der Waals surface area contributed by atoms with Crippen LogP contribution in [0.25, 0.3) is 0 Å². The molecule has 7 fully saturated rings. The smallest absolute Gasteiger partial charge is 0.309 e. The van der Waals surface area contributed by atoms with Crippen LogP contribution in [0, 0.1) is 53.3 Å². The van der Waals surface area contributed by atoms with Crippen molar-refractivity contribution in [1.82, 2.24) is 0 Å². The maximum absolute atomic E-state index is 13.3. The molecule has 1 heterocycles. The van der Waals surface area contributed by atoms with Gasteiger partial charge in [0.15, 0.2) is 0 Å². The zero-order valence-electron chi connectivity index (χ0n) is 15.2. The topological polar surface area (TPSA) is 38.8 Å². The summed E-state index contributed by atoms with van der Waals surface area (Å²) >= 11 is 0. The first-order valence-corrected chi connectivity index (χ1v) is 11.1. The quantitative estimate of drug-likeness (QED) is 0.445. The fourth-order valence-corrected chi connectivity index (χ4v) is 9.42. The molecule has 12 unspecified atom stereocenters. The first-order valence-electron chi connectivity index (χ1n) is 11.1. The molecule has 7 rings (SSSR count). The van der Waals surface area contributed by atoms with Crippen LogP contribution in [0.15, 0.2) is 0 Å². The minimum Gasteiger partial charge on any atom is -0.459 e. The van der Waals surface area contributed by atoms with Crippen molar-refractivity contribution in [3.63, 3.8) is 0 Å². The Labute approximate surface area is 150 Å². The van der Waals surface area contributed by atoms with Crippen molar-refractivity contribution >= 4 is 5.97 Å². The van der Waals surface area contributed by atoms with Crippen LogP contribution >= 0.6 is 0 Å². The molecular weight excluding hydrogens is 312 g/mol. The van der Waals surface area contributed by atoms with Gasteiger partial charge < -0.3 is 9.47 Å². The molecule has 12 atom stereocenters. The van der Waals surface area contributed by atoms with Gasteiger partial charge in [-0.2, -0.15) is 0 Å². The fraction of sp³-hybridized carbons (Fsp3) is 0.955. The summed E-state index contributed by atoms with van der Waals surface area (Å²) < 4.78 is 12.4. The van der Waals surface area contributed by atoms with E-state index in [0.717, 1.165) is 54.8 Å². The second-order valence-corrected chi connectivity index (χ2v) is 10.7. The van der Waals surface area contributed by atoms with Gasteiger partial charge in [-0.25, -0.2) is 0 Å². The summed E-state index contributed by atoms with van der Waals surface area (Å²) in [5.41, 5.74) is -0.0966. The maximum atomic E-state index is 13.3.